The maximum Gasteiger partial charge on any atom is 0.178 e. The number of hydrogen-bond acceptors (Lipinski definition) is 3. The molecule has 96 valence electrons. The molecule has 0 fully saturated rings. The van der Waals surface area contributed by atoms with E-state index in [4.69, 9.17) is 11.6 Å². The summed E-state index contributed by atoms with van der Waals surface area (Å²) in [6.07, 6.45) is 0.292. The number of aromatic nitrogens is 2. The largest absolute Gasteiger partial charge is 0.293 e. The summed E-state index contributed by atoms with van der Waals surface area (Å²) >= 11 is 11.0. The fourth-order valence-electron chi connectivity index (χ4n) is 1.74. The molecule has 2 aromatic heterocycles. The average molecular weight is 348 g/mol. The molecule has 0 unspecified atom stereocenters. The van der Waals surface area contributed by atoms with Crippen LogP contribution in [0.1, 0.15) is 28.0 Å². The summed E-state index contributed by atoms with van der Waals surface area (Å²) in [5, 5.41) is 6.81. The van der Waals surface area contributed by atoms with Gasteiger partial charge in [0.05, 0.1) is 27.7 Å². The molecule has 2 aromatic rings. The zero-order valence-electron chi connectivity index (χ0n) is 10.0. The number of ketones is 1. The summed E-state index contributed by atoms with van der Waals surface area (Å²) in [5.41, 5.74) is 1.57. The van der Waals surface area contributed by atoms with Crippen LogP contribution in [-0.2, 0) is 13.0 Å². The van der Waals surface area contributed by atoms with Crippen LogP contribution in [0.15, 0.2) is 15.9 Å². The molecule has 0 aliphatic rings. The van der Waals surface area contributed by atoms with Crippen molar-refractivity contribution in [3.63, 3.8) is 0 Å². The Bertz CT molecular complexity index is 591. The molecule has 0 saturated heterocycles. The maximum absolute atomic E-state index is 12.1. The van der Waals surface area contributed by atoms with E-state index in [9.17, 15) is 4.79 Å². The number of halogens is 2. The second-order valence-corrected chi connectivity index (χ2v) is 6.10. The summed E-state index contributed by atoms with van der Waals surface area (Å²) in [4.78, 5) is 12.9. The Labute approximate surface area is 123 Å². The molecule has 0 aliphatic carbocycles. The Morgan fingerprint density at radius 3 is 2.89 bits per heavy atom. The van der Waals surface area contributed by atoms with Crippen LogP contribution in [0.25, 0.3) is 0 Å². The lowest BCUT2D eigenvalue weighted by atomic mass is 10.2. The molecular formula is C12H12BrClN2OS. The van der Waals surface area contributed by atoms with Gasteiger partial charge in [-0.2, -0.15) is 5.10 Å². The first-order chi connectivity index (χ1) is 8.52. The van der Waals surface area contributed by atoms with Gasteiger partial charge in [-0.25, -0.2) is 0 Å². The van der Waals surface area contributed by atoms with Crippen molar-refractivity contribution in [2.24, 2.45) is 0 Å². The van der Waals surface area contributed by atoms with E-state index in [0.717, 1.165) is 20.7 Å². The lowest BCUT2D eigenvalue weighted by Crippen LogP contribution is -2.09. The Kier molecular flexibility index (Phi) is 4.25. The predicted molar refractivity (Wildman–Crippen MR) is 77.7 cm³/mol. The molecule has 2 heterocycles. The van der Waals surface area contributed by atoms with Crippen molar-refractivity contribution in [1.82, 2.24) is 9.78 Å². The molecule has 0 atom stereocenters. The third-order valence-electron chi connectivity index (χ3n) is 2.62. The maximum atomic E-state index is 12.1. The van der Waals surface area contributed by atoms with E-state index in [-0.39, 0.29) is 5.78 Å². The highest BCUT2D eigenvalue weighted by molar-refractivity contribution is 9.10. The standard InChI is InChI=1S/C12H12BrClN2OS/c1-3-16-9(12(14)7(2)15-16)5-10(17)11-4-8(13)6-18-11/h4,6H,3,5H2,1-2H3. The Hall–Kier alpha value is -0.650. The van der Waals surface area contributed by atoms with Gasteiger partial charge >= 0.3 is 0 Å². The molecule has 3 nitrogen and oxygen atoms in total. The van der Waals surface area contributed by atoms with Gasteiger partial charge in [0.1, 0.15) is 0 Å². The fraction of sp³-hybridized carbons (Fsp3) is 0.333. The first-order valence-electron chi connectivity index (χ1n) is 5.52. The van der Waals surface area contributed by atoms with Gasteiger partial charge in [-0.3, -0.25) is 9.48 Å². The number of rotatable bonds is 4. The lowest BCUT2D eigenvalue weighted by molar-refractivity contribution is 0.0994. The van der Waals surface area contributed by atoms with Crippen LogP contribution >= 0.6 is 38.9 Å². The van der Waals surface area contributed by atoms with Crippen molar-refractivity contribution in [3.05, 3.63) is 37.2 Å². The zero-order valence-corrected chi connectivity index (χ0v) is 13.2. The van der Waals surface area contributed by atoms with Gasteiger partial charge in [0.2, 0.25) is 0 Å². The molecule has 0 aromatic carbocycles. The van der Waals surface area contributed by atoms with Gasteiger partial charge in [0.25, 0.3) is 0 Å². The van der Waals surface area contributed by atoms with Gasteiger partial charge < -0.3 is 0 Å². The summed E-state index contributed by atoms with van der Waals surface area (Å²) < 4.78 is 2.72. The number of nitrogens with zero attached hydrogens (tertiary/aromatic N) is 2. The zero-order chi connectivity index (χ0) is 13.3. The van der Waals surface area contributed by atoms with Crippen LogP contribution in [0.5, 0.6) is 0 Å². The molecule has 0 bridgehead atoms. The topological polar surface area (TPSA) is 34.9 Å². The monoisotopic (exact) mass is 346 g/mol. The van der Waals surface area contributed by atoms with Gasteiger partial charge in [-0.15, -0.1) is 11.3 Å². The molecule has 18 heavy (non-hydrogen) atoms. The number of aryl methyl sites for hydroxylation is 2. The number of Topliss-reactive ketones (excluding diaryl/α,β-unsaturated/α-hetero) is 1. The third kappa shape index (κ3) is 2.68. The quantitative estimate of drug-likeness (QED) is 0.780. The molecular weight excluding hydrogens is 336 g/mol. The van der Waals surface area contributed by atoms with Crippen molar-refractivity contribution in [2.45, 2.75) is 26.8 Å². The summed E-state index contributed by atoms with van der Waals surface area (Å²) in [5.74, 6) is 0.0715. The third-order valence-corrected chi connectivity index (χ3v) is 4.85. The second kappa shape index (κ2) is 5.55. The van der Waals surface area contributed by atoms with E-state index in [1.165, 1.54) is 11.3 Å². The number of hydrogen-bond donors (Lipinski definition) is 0. The molecule has 0 aliphatic heterocycles. The highest BCUT2D eigenvalue weighted by atomic mass is 79.9. The van der Waals surface area contributed by atoms with Gasteiger partial charge in [-0.1, -0.05) is 11.6 Å². The van der Waals surface area contributed by atoms with Crippen LogP contribution in [0.2, 0.25) is 5.02 Å². The van der Waals surface area contributed by atoms with Crippen molar-refractivity contribution < 1.29 is 4.79 Å². The van der Waals surface area contributed by atoms with Crippen LogP contribution < -0.4 is 0 Å². The van der Waals surface area contributed by atoms with Crippen LogP contribution in [0, 0.1) is 6.92 Å². The Balaban J connectivity index is 2.26. The number of thiophene rings is 1. The Morgan fingerprint density at radius 1 is 1.61 bits per heavy atom. The minimum absolute atomic E-state index is 0.0715. The highest BCUT2D eigenvalue weighted by Gasteiger charge is 2.17. The van der Waals surface area contributed by atoms with Gasteiger partial charge in [0.15, 0.2) is 5.78 Å². The van der Waals surface area contributed by atoms with Crippen LogP contribution in [-0.4, -0.2) is 15.6 Å². The summed E-state index contributed by atoms with van der Waals surface area (Å²) in [6, 6.07) is 1.83. The summed E-state index contributed by atoms with van der Waals surface area (Å²) in [6.45, 7) is 4.55. The molecule has 0 radical (unpaired) electrons. The van der Waals surface area contributed by atoms with Crippen molar-refractivity contribution in [1.29, 1.82) is 0 Å². The molecule has 0 saturated carbocycles. The van der Waals surface area contributed by atoms with Crippen LogP contribution in [0.4, 0.5) is 0 Å². The van der Waals surface area contributed by atoms with E-state index in [2.05, 4.69) is 21.0 Å². The van der Waals surface area contributed by atoms with E-state index >= 15 is 0 Å². The second-order valence-electron chi connectivity index (χ2n) is 3.89. The van der Waals surface area contributed by atoms with Gasteiger partial charge in [0, 0.05) is 16.4 Å². The smallest absolute Gasteiger partial charge is 0.178 e. The first-order valence-corrected chi connectivity index (χ1v) is 7.57. The van der Waals surface area contributed by atoms with E-state index in [1.54, 1.807) is 4.68 Å². The van der Waals surface area contributed by atoms with Crippen molar-refractivity contribution >= 4 is 44.7 Å². The number of carbonyl (C=O) groups excluding carboxylic acids is 1. The molecule has 0 spiro atoms. The van der Waals surface area contributed by atoms with Gasteiger partial charge in [-0.05, 0) is 35.8 Å². The fourth-order valence-corrected chi connectivity index (χ4v) is 3.31. The molecule has 0 N–H and O–H groups in total. The Morgan fingerprint density at radius 2 is 2.33 bits per heavy atom. The first kappa shape index (κ1) is 13.8. The lowest BCUT2D eigenvalue weighted by Gasteiger charge is -2.03. The molecule has 0 amide bonds. The predicted octanol–water partition coefficient (Wildman–Crippen LogP) is 4.11. The SMILES string of the molecule is CCn1nc(C)c(Cl)c1CC(=O)c1cc(Br)cs1. The minimum atomic E-state index is 0.0715. The van der Waals surface area contributed by atoms with Crippen LogP contribution in [0.3, 0.4) is 0 Å². The molecule has 2 rings (SSSR count). The number of carbonyl (C=O) groups is 1. The normalized spacial score (nSPS) is 10.9. The van der Waals surface area contributed by atoms with Crippen molar-refractivity contribution in [3.8, 4) is 0 Å². The van der Waals surface area contributed by atoms with E-state index < -0.39 is 0 Å². The van der Waals surface area contributed by atoms with E-state index in [1.807, 2.05) is 25.3 Å². The van der Waals surface area contributed by atoms with Crippen molar-refractivity contribution in [2.75, 3.05) is 0 Å². The highest BCUT2D eigenvalue weighted by Crippen LogP contribution is 2.25. The summed E-state index contributed by atoms with van der Waals surface area (Å²) in [7, 11) is 0. The average Bonchev–Trinajstić information content (AvgIpc) is 2.88. The minimum Gasteiger partial charge on any atom is -0.293 e. The van der Waals surface area contributed by atoms with E-state index in [0.29, 0.717) is 18.0 Å². The molecule has 6 heteroatoms.